The number of benzene rings is 1. The molecule has 3 heterocycles. The predicted molar refractivity (Wildman–Crippen MR) is 108 cm³/mol. The molecule has 1 aromatic heterocycles. The van der Waals surface area contributed by atoms with Crippen LogP contribution in [0.2, 0.25) is 0 Å². The Hall–Kier alpha value is -3.10. The summed E-state index contributed by atoms with van der Waals surface area (Å²) in [6, 6.07) is 3.05. The van der Waals surface area contributed by atoms with E-state index in [-0.39, 0.29) is 28.1 Å². The Bertz CT molecular complexity index is 1010. The van der Waals surface area contributed by atoms with E-state index in [1.165, 1.54) is 6.07 Å². The van der Waals surface area contributed by atoms with E-state index in [1.54, 1.807) is 6.07 Å². The second kappa shape index (κ2) is 7.73. The highest BCUT2D eigenvalue weighted by Gasteiger charge is 2.35. The van der Waals surface area contributed by atoms with Crippen LogP contribution in [0.3, 0.4) is 0 Å². The number of nitrogens with zero attached hydrogens (tertiary/aromatic N) is 3. The molecule has 4 rings (SSSR count). The fourth-order valence-corrected chi connectivity index (χ4v) is 4.63. The molecule has 9 nitrogen and oxygen atoms in total. The Kier molecular flexibility index (Phi) is 5.12. The van der Waals surface area contributed by atoms with Crippen molar-refractivity contribution in [2.45, 2.75) is 57.9 Å². The number of nitrogens with one attached hydrogen (secondary N) is 1. The van der Waals surface area contributed by atoms with E-state index < -0.39 is 9.85 Å². The van der Waals surface area contributed by atoms with Gasteiger partial charge in [0.25, 0.3) is 11.4 Å². The summed E-state index contributed by atoms with van der Waals surface area (Å²) in [5.74, 6) is -0.299. The van der Waals surface area contributed by atoms with Crippen LogP contribution in [0.1, 0.15) is 56.2 Å². The van der Waals surface area contributed by atoms with Gasteiger partial charge in [-0.1, -0.05) is 12.8 Å². The average Bonchev–Trinajstić information content (AvgIpc) is 2.90. The SMILES string of the molecule is O=[N+]([O-])/C(=C1/CCCCCN1)c1c(O)ccc2c1c([N+](=O)[O-])c1n2CCCCC1. The van der Waals surface area contributed by atoms with E-state index >= 15 is 0 Å². The van der Waals surface area contributed by atoms with E-state index in [2.05, 4.69) is 5.32 Å². The van der Waals surface area contributed by atoms with E-state index in [0.717, 1.165) is 38.5 Å². The number of nitro groups is 2. The summed E-state index contributed by atoms with van der Waals surface area (Å²) in [5, 5.41) is 38.1. The van der Waals surface area contributed by atoms with Crippen molar-refractivity contribution in [2.24, 2.45) is 0 Å². The molecule has 0 atom stereocenters. The topological polar surface area (TPSA) is 123 Å². The van der Waals surface area contributed by atoms with Crippen molar-refractivity contribution in [1.82, 2.24) is 9.88 Å². The van der Waals surface area contributed by atoms with Crippen molar-refractivity contribution in [3.8, 4) is 5.75 Å². The number of phenolic OH excluding ortho intramolecular Hbond substituents is 1. The number of hydrogen-bond acceptors (Lipinski definition) is 6. The van der Waals surface area contributed by atoms with Crippen molar-refractivity contribution >= 4 is 22.3 Å². The smallest absolute Gasteiger partial charge is 0.299 e. The number of hydrogen-bond donors (Lipinski definition) is 2. The minimum Gasteiger partial charge on any atom is -0.507 e. The molecular formula is C20H24N4O5. The van der Waals surface area contributed by atoms with Gasteiger partial charge in [-0.25, -0.2) is 0 Å². The van der Waals surface area contributed by atoms with Gasteiger partial charge in [-0.15, -0.1) is 0 Å². The third kappa shape index (κ3) is 3.30. The number of rotatable bonds is 3. The Morgan fingerprint density at radius 2 is 1.79 bits per heavy atom. The van der Waals surface area contributed by atoms with Crippen LogP contribution in [0.5, 0.6) is 5.75 Å². The normalized spacial score (nSPS) is 19.0. The quantitative estimate of drug-likeness (QED) is 0.591. The van der Waals surface area contributed by atoms with Gasteiger partial charge in [0.15, 0.2) is 0 Å². The summed E-state index contributed by atoms with van der Waals surface area (Å²) in [4.78, 5) is 23.2. The van der Waals surface area contributed by atoms with Gasteiger partial charge in [-0.2, -0.15) is 0 Å². The number of aryl methyl sites for hydroxylation is 1. The molecule has 1 saturated heterocycles. The molecule has 0 spiro atoms. The molecule has 0 radical (unpaired) electrons. The van der Waals surface area contributed by atoms with Crippen molar-refractivity contribution in [3.05, 3.63) is 49.3 Å². The predicted octanol–water partition coefficient (Wildman–Crippen LogP) is 4.09. The first-order valence-electron chi connectivity index (χ1n) is 10.1. The number of aromatic nitrogens is 1. The highest BCUT2D eigenvalue weighted by molar-refractivity contribution is 6.02. The maximum atomic E-state index is 12.1. The standard InChI is InChI=1S/C20H24N4O5/c25-16-10-9-14-17(20(24(28)29)15-8-4-2-6-12-22(14)15)18(16)19(23(26)27)13-7-3-1-5-11-21-13/h9-10,21,25H,1-8,11-12H2/b19-13-. The van der Waals surface area contributed by atoms with Crippen molar-refractivity contribution < 1.29 is 15.0 Å². The molecule has 0 saturated carbocycles. The third-order valence-electron chi connectivity index (χ3n) is 5.91. The van der Waals surface area contributed by atoms with E-state index in [4.69, 9.17) is 0 Å². The fraction of sp³-hybridized carbons (Fsp3) is 0.500. The third-order valence-corrected chi connectivity index (χ3v) is 5.91. The van der Waals surface area contributed by atoms with Crippen molar-refractivity contribution in [2.75, 3.05) is 6.54 Å². The highest BCUT2D eigenvalue weighted by atomic mass is 16.6. The lowest BCUT2D eigenvalue weighted by Gasteiger charge is -2.11. The van der Waals surface area contributed by atoms with Crippen LogP contribution in [0.25, 0.3) is 16.6 Å². The molecule has 2 aliphatic heterocycles. The number of aromatic hydroxyl groups is 1. The number of phenols is 1. The zero-order valence-electron chi connectivity index (χ0n) is 16.1. The maximum Gasteiger partial charge on any atom is 0.299 e. The molecule has 2 aliphatic rings. The molecule has 154 valence electrons. The summed E-state index contributed by atoms with van der Waals surface area (Å²) in [6.07, 6.45) is 6.41. The Labute approximate surface area is 167 Å². The summed E-state index contributed by atoms with van der Waals surface area (Å²) < 4.78 is 1.91. The van der Waals surface area contributed by atoms with Gasteiger partial charge in [0, 0.05) is 13.1 Å². The molecule has 2 N–H and O–H groups in total. The van der Waals surface area contributed by atoms with Crippen LogP contribution in [-0.4, -0.2) is 26.1 Å². The zero-order valence-corrected chi connectivity index (χ0v) is 16.1. The van der Waals surface area contributed by atoms with Crippen LogP contribution < -0.4 is 5.32 Å². The van der Waals surface area contributed by atoms with Gasteiger partial charge in [-0.05, 0) is 50.7 Å². The first kappa shape index (κ1) is 19.2. The lowest BCUT2D eigenvalue weighted by molar-refractivity contribution is -0.384. The lowest BCUT2D eigenvalue weighted by Crippen LogP contribution is -2.17. The first-order chi connectivity index (χ1) is 14.0. The van der Waals surface area contributed by atoms with Gasteiger partial charge in [0.1, 0.15) is 11.3 Å². The van der Waals surface area contributed by atoms with Gasteiger partial charge in [0.2, 0.25) is 0 Å². The lowest BCUT2D eigenvalue weighted by atomic mass is 10.0. The van der Waals surface area contributed by atoms with Gasteiger partial charge in [0.05, 0.1) is 32.1 Å². The van der Waals surface area contributed by atoms with Crippen molar-refractivity contribution in [3.63, 3.8) is 0 Å². The van der Waals surface area contributed by atoms with E-state index in [9.17, 15) is 25.3 Å². The Balaban J connectivity index is 2.08. The largest absolute Gasteiger partial charge is 0.507 e. The van der Waals surface area contributed by atoms with E-state index in [0.29, 0.717) is 42.8 Å². The first-order valence-corrected chi connectivity index (χ1v) is 10.1. The number of fused-ring (bicyclic) bond motifs is 3. The van der Waals surface area contributed by atoms with Crippen LogP contribution in [0.15, 0.2) is 17.8 Å². The van der Waals surface area contributed by atoms with Gasteiger partial charge in [-0.3, -0.25) is 20.2 Å². The molecule has 9 heteroatoms. The molecule has 29 heavy (non-hydrogen) atoms. The van der Waals surface area contributed by atoms with Gasteiger partial charge >= 0.3 is 0 Å². The Morgan fingerprint density at radius 3 is 2.55 bits per heavy atom. The van der Waals surface area contributed by atoms with Crippen molar-refractivity contribution in [1.29, 1.82) is 0 Å². The maximum absolute atomic E-state index is 12.1. The van der Waals surface area contributed by atoms with Crippen LogP contribution >= 0.6 is 0 Å². The second-order valence-electron chi connectivity index (χ2n) is 7.69. The second-order valence-corrected chi connectivity index (χ2v) is 7.69. The summed E-state index contributed by atoms with van der Waals surface area (Å²) in [7, 11) is 0. The van der Waals surface area contributed by atoms with Crippen LogP contribution in [0.4, 0.5) is 5.69 Å². The summed E-state index contributed by atoms with van der Waals surface area (Å²) in [6.45, 7) is 1.24. The molecule has 0 unspecified atom stereocenters. The van der Waals surface area contributed by atoms with Gasteiger partial charge < -0.3 is 15.0 Å². The minimum absolute atomic E-state index is 0.0378. The summed E-state index contributed by atoms with van der Waals surface area (Å²) >= 11 is 0. The molecular weight excluding hydrogens is 376 g/mol. The molecule has 0 amide bonds. The average molecular weight is 400 g/mol. The monoisotopic (exact) mass is 400 g/mol. The Morgan fingerprint density at radius 1 is 1.03 bits per heavy atom. The summed E-state index contributed by atoms with van der Waals surface area (Å²) in [5.41, 5.74) is 1.21. The molecule has 2 aromatic rings. The minimum atomic E-state index is -0.519. The van der Waals surface area contributed by atoms with Crippen LogP contribution in [-0.2, 0) is 13.0 Å². The molecule has 0 bridgehead atoms. The highest BCUT2D eigenvalue weighted by Crippen LogP contribution is 2.44. The van der Waals surface area contributed by atoms with Crippen LogP contribution in [0, 0.1) is 20.2 Å². The number of allylic oxidation sites excluding steroid dienone is 1. The fourth-order valence-electron chi connectivity index (χ4n) is 4.63. The zero-order chi connectivity index (χ0) is 20.5. The van der Waals surface area contributed by atoms with E-state index in [1.807, 2.05) is 4.57 Å². The molecule has 0 aliphatic carbocycles. The molecule has 1 fully saturated rings. The molecule has 1 aromatic carbocycles.